The standard InChI is InChI=1S/C20H21N3O3S/c1-3-12-6-5-7-13(4-2)18(12)23-17(24)11-26-19(25)14-8-9-15-16(10-14)27-20(21)22-15/h5-10H,3-4,11H2,1-2H3,(H2,21,22)(H,23,24). The first-order chi connectivity index (χ1) is 13.0. The Hall–Kier alpha value is -2.93. The Labute approximate surface area is 161 Å². The van der Waals surface area contributed by atoms with Gasteiger partial charge in [0.15, 0.2) is 11.7 Å². The lowest BCUT2D eigenvalue weighted by molar-refractivity contribution is -0.119. The van der Waals surface area contributed by atoms with Crippen molar-refractivity contribution in [3.05, 3.63) is 53.1 Å². The van der Waals surface area contributed by atoms with Crippen LogP contribution in [0.15, 0.2) is 36.4 Å². The Morgan fingerprint density at radius 3 is 2.52 bits per heavy atom. The van der Waals surface area contributed by atoms with E-state index in [2.05, 4.69) is 10.3 Å². The zero-order valence-electron chi connectivity index (χ0n) is 15.2. The molecule has 6 nitrogen and oxygen atoms in total. The fourth-order valence-electron chi connectivity index (χ4n) is 2.86. The number of carbonyl (C=O) groups is 2. The fourth-order valence-corrected chi connectivity index (χ4v) is 3.64. The van der Waals surface area contributed by atoms with Gasteiger partial charge in [-0.3, -0.25) is 4.79 Å². The quantitative estimate of drug-likeness (QED) is 0.632. The predicted octanol–water partition coefficient (Wildman–Crippen LogP) is 3.80. The maximum Gasteiger partial charge on any atom is 0.338 e. The highest BCUT2D eigenvalue weighted by Gasteiger charge is 2.14. The molecule has 0 aliphatic rings. The van der Waals surface area contributed by atoms with Gasteiger partial charge in [0.05, 0.1) is 15.8 Å². The average molecular weight is 383 g/mol. The number of aryl methyl sites for hydroxylation is 2. The zero-order valence-corrected chi connectivity index (χ0v) is 16.1. The van der Waals surface area contributed by atoms with E-state index in [0.717, 1.165) is 39.9 Å². The van der Waals surface area contributed by atoms with Gasteiger partial charge in [0.1, 0.15) is 0 Å². The van der Waals surface area contributed by atoms with Gasteiger partial charge in [-0.1, -0.05) is 43.4 Å². The number of esters is 1. The lowest BCUT2D eigenvalue weighted by atomic mass is 10.0. The SMILES string of the molecule is CCc1cccc(CC)c1NC(=O)COC(=O)c1ccc2nc(N)sc2c1. The number of nitrogens with two attached hydrogens (primary N) is 1. The fraction of sp³-hybridized carbons (Fsp3) is 0.250. The summed E-state index contributed by atoms with van der Waals surface area (Å²) < 4.78 is 5.97. The molecule has 0 spiro atoms. The van der Waals surface area contributed by atoms with Crippen LogP contribution in [0, 0.1) is 0 Å². The third-order valence-corrected chi connectivity index (χ3v) is 5.09. The van der Waals surface area contributed by atoms with Gasteiger partial charge in [-0.2, -0.15) is 0 Å². The van der Waals surface area contributed by atoms with Crippen molar-refractivity contribution in [2.24, 2.45) is 0 Å². The van der Waals surface area contributed by atoms with Crippen LogP contribution < -0.4 is 11.1 Å². The van der Waals surface area contributed by atoms with E-state index in [-0.39, 0.29) is 12.5 Å². The summed E-state index contributed by atoms with van der Waals surface area (Å²) in [5, 5.41) is 3.32. The number of para-hydroxylation sites is 1. The highest BCUT2D eigenvalue weighted by atomic mass is 32.1. The van der Waals surface area contributed by atoms with Gasteiger partial charge in [-0.05, 0) is 42.2 Å². The molecule has 0 saturated heterocycles. The van der Waals surface area contributed by atoms with Crippen molar-refractivity contribution in [3.63, 3.8) is 0 Å². The molecule has 0 aliphatic heterocycles. The molecule has 0 aliphatic carbocycles. The summed E-state index contributed by atoms with van der Waals surface area (Å²) in [4.78, 5) is 28.7. The molecule has 3 rings (SSSR count). The number of amides is 1. The van der Waals surface area contributed by atoms with Gasteiger partial charge >= 0.3 is 5.97 Å². The second-order valence-electron chi connectivity index (χ2n) is 6.02. The summed E-state index contributed by atoms with van der Waals surface area (Å²) in [5.74, 6) is -0.916. The second kappa shape index (κ2) is 8.18. The van der Waals surface area contributed by atoms with Crippen LogP contribution in [0.4, 0.5) is 10.8 Å². The Balaban J connectivity index is 1.65. The monoisotopic (exact) mass is 383 g/mol. The first kappa shape index (κ1) is 18.8. The van der Waals surface area contributed by atoms with Gasteiger partial charge in [0, 0.05) is 5.69 Å². The number of benzene rings is 2. The maximum absolute atomic E-state index is 12.3. The minimum absolute atomic E-state index is 0.344. The summed E-state index contributed by atoms with van der Waals surface area (Å²) in [6.45, 7) is 3.72. The van der Waals surface area contributed by atoms with Crippen molar-refractivity contribution in [1.82, 2.24) is 4.98 Å². The molecule has 27 heavy (non-hydrogen) atoms. The number of hydrogen-bond acceptors (Lipinski definition) is 6. The normalized spacial score (nSPS) is 10.7. The largest absolute Gasteiger partial charge is 0.452 e. The molecule has 0 atom stereocenters. The predicted molar refractivity (Wildman–Crippen MR) is 108 cm³/mol. The Morgan fingerprint density at radius 1 is 1.15 bits per heavy atom. The first-order valence-electron chi connectivity index (χ1n) is 8.75. The van der Waals surface area contributed by atoms with Crippen molar-refractivity contribution >= 4 is 44.2 Å². The molecule has 3 aromatic rings. The Bertz CT molecular complexity index is 975. The van der Waals surface area contributed by atoms with Crippen LogP contribution in [-0.4, -0.2) is 23.5 Å². The molecule has 7 heteroatoms. The summed E-state index contributed by atoms with van der Waals surface area (Å²) in [6, 6.07) is 10.9. The van der Waals surface area contributed by atoms with E-state index in [1.807, 2.05) is 32.0 Å². The van der Waals surface area contributed by atoms with Gasteiger partial charge in [0.2, 0.25) is 0 Å². The zero-order chi connectivity index (χ0) is 19.4. The van der Waals surface area contributed by atoms with Crippen LogP contribution >= 0.6 is 11.3 Å². The van der Waals surface area contributed by atoms with E-state index >= 15 is 0 Å². The van der Waals surface area contributed by atoms with Crippen LogP contribution in [0.5, 0.6) is 0 Å². The first-order valence-corrected chi connectivity index (χ1v) is 9.57. The minimum Gasteiger partial charge on any atom is -0.452 e. The van der Waals surface area contributed by atoms with Crippen molar-refractivity contribution in [1.29, 1.82) is 0 Å². The van der Waals surface area contributed by atoms with Gasteiger partial charge in [-0.15, -0.1) is 0 Å². The molecule has 1 heterocycles. The van der Waals surface area contributed by atoms with Crippen molar-refractivity contribution in [3.8, 4) is 0 Å². The molecule has 0 fully saturated rings. The topological polar surface area (TPSA) is 94.3 Å². The van der Waals surface area contributed by atoms with Crippen LogP contribution in [0.1, 0.15) is 35.3 Å². The number of hydrogen-bond donors (Lipinski definition) is 2. The highest BCUT2D eigenvalue weighted by molar-refractivity contribution is 7.22. The number of carbonyl (C=O) groups excluding carboxylic acids is 2. The van der Waals surface area contributed by atoms with Crippen LogP contribution in [0.25, 0.3) is 10.2 Å². The summed E-state index contributed by atoms with van der Waals surface area (Å²) in [7, 11) is 0. The number of nitrogens with one attached hydrogen (secondary N) is 1. The number of fused-ring (bicyclic) bond motifs is 1. The summed E-state index contributed by atoms with van der Waals surface area (Å²) in [6.07, 6.45) is 1.61. The average Bonchev–Trinajstić information content (AvgIpc) is 3.05. The molecule has 0 radical (unpaired) electrons. The minimum atomic E-state index is -0.557. The second-order valence-corrected chi connectivity index (χ2v) is 7.08. The van der Waals surface area contributed by atoms with E-state index in [9.17, 15) is 9.59 Å². The van der Waals surface area contributed by atoms with Crippen molar-refractivity contribution in [2.75, 3.05) is 17.7 Å². The summed E-state index contributed by atoms with van der Waals surface area (Å²) >= 11 is 1.30. The van der Waals surface area contributed by atoms with Gasteiger partial charge in [0.25, 0.3) is 5.91 Å². The number of nitrogens with zero attached hydrogens (tertiary/aromatic N) is 1. The molecule has 0 unspecified atom stereocenters. The molecule has 0 saturated carbocycles. The third-order valence-electron chi connectivity index (χ3n) is 4.24. The van der Waals surface area contributed by atoms with E-state index < -0.39 is 5.97 Å². The molecular formula is C20H21N3O3S. The molecule has 3 N–H and O–H groups in total. The number of rotatable bonds is 6. The smallest absolute Gasteiger partial charge is 0.338 e. The molecule has 0 bridgehead atoms. The third kappa shape index (κ3) is 4.25. The number of nitrogen functional groups attached to an aromatic ring is 1. The lowest BCUT2D eigenvalue weighted by Gasteiger charge is -2.14. The number of aromatic nitrogens is 1. The lowest BCUT2D eigenvalue weighted by Crippen LogP contribution is -2.22. The number of anilines is 2. The van der Waals surface area contributed by atoms with Crippen LogP contribution in [-0.2, 0) is 22.4 Å². The molecule has 140 valence electrons. The van der Waals surface area contributed by atoms with Gasteiger partial charge in [-0.25, -0.2) is 9.78 Å². The summed E-state index contributed by atoms with van der Waals surface area (Å²) in [5.41, 5.74) is 9.69. The van der Waals surface area contributed by atoms with Gasteiger partial charge < -0.3 is 15.8 Å². The van der Waals surface area contributed by atoms with Crippen LogP contribution in [0.3, 0.4) is 0 Å². The van der Waals surface area contributed by atoms with Crippen LogP contribution in [0.2, 0.25) is 0 Å². The molecular weight excluding hydrogens is 362 g/mol. The van der Waals surface area contributed by atoms with E-state index in [4.69, 9.17) is 10.5 Å². The molecule has 2 aromatic carbocycles. The number of thiazole rings is 1. The van der Waals surface area contributed by atoms with E-state index in [1.165, 1.54) is 11.3 Å². The molecule has 1 aromatic heterocycles. The maximum atomic E-state index is 12.3. The Kier molecular flexibility index (Phi) is 5.71. The van der Waals surface area contributed by atoms with E-state index in [1.54, 1.807) is 18.2 Å². The Morgan fingerprint density at radius 2 is 1.85 bits per heavy atom. The molecule has 1 amide bonds. The van der Waals surface area contributed by atoms with E-state index in [0.29, 0.717) is 10.7 Å². The number of ether oxygens (including phenoxy) is 1. The van der Waals surface area contributed by atoms with Crippen molar-refractivity contribution in [2.45, 2.75) is 26.7 Å². The highest BCUT2D eigenvalue weighted by Crippen LogP contribution is 2.25. The van der Waals surface area contributed by atoms with Crippen molar-refractivity contribution < 1.29 is 14.3 Å².